The largest absolute Gasteiger partial charge is 0.326 e. The van der Waals surface area contributed by atoms with Crippen molar-refractivity contribution in [3.05, 3.63) is 46.7 Å². The lowest BCUT2D eigenvalue weighted by Gasteiger charge is -2.30. The summed E-state index contributed by atoms with van der Waals surface area (Å²) in [5.41, 5.74) is 3.93. The smallest absolute Gasteiger partial charge is 0.244 e. The van der Waals surface area contributed by atoms with Crippen molar-refractivity contribution in [2.45, 2.75) is 24.7 Å². The Labute approximate surface area is 177 Å². The number of nitrogens with zero attached hydrogens (tertiary/aromatic N) is 3. The number of carbonyl (C=O) groups excluding carboxylic acids is 1. The lowest BCUT2D eigenvalue weighted by molar-refractivity contribution is -0.120. The lowest BCUT2D eigenvalue weighted by atomic mass is 9.97. The van der Waals surface area contributed by atoms with E-state index in [1.807, 2.05) is 18.2 Å². The van der Waals surface area contributed by atoms with Gasteiger partial charge in [-0.15, -0.1) is 11.3 Å². The van der Waals surface area contributed by atoms with Gasteiger partial charge in [0.05, 0.1) is 15.7 Å². The Morgan fingerprint density at radius 2 is 2.00 bits per heavy atom. The summed E-state index contributed by atoms with van der Waals surface area (Å²) >= 11 is 7.44. The number of pyridine rings is 1. The molecule has 3 heterocycles. The number of benzene rings is 1. The van der Waals surface area contributed by atoms with E-state index in [9.17, 15) is 13.2 Å². The molecule has 0 atom stereocenters. The summed E-state index contributed by atoms with van der Waals surface area (Å²) in [6.45, 7) is 2.29. The number of hydrogen-bond acceptors (Lipinski definition) is 6. The molecule has 1 aliphatic rings. The molecule has 10 heteroatoms. The minimum absolute atomic E-state index is 0.0966. The van der Waals surface area contributed by atoms with Gasteiger partial charge in [-0.05, 0) is 49.6 Å². The second kappa shape index (κ2) is 7.98. The Hall–Kier alpha value is -2.07. The Bertz CT molecular complexity index is 1170. The van der Waals surface area contributed by atoms with Crippen molar-refractivity contribution in [3.8, 4) is 0 Å². The molecular formula is C19H19ClN4O3S2. The van der Waals surface area contributed by atoms with Crippen LogP contribution in [0.15, 0.2) is 40.9 Å². The third-order valence-electron chi connectivity index (χ3n) is 5.05. The molecule has 0 spiro atoms. The fourth-order valence-corrected chi connectivity index (χ4v) is 5.62. The summed E-state index contributed by atoms with van der Waals surface area (Å²) in [4.78, 5) is 20.9. The van der Waals surface area contributed by atoms with Gasteiger partial charge >= 0.3 is 0 Å². The van der Waals surface area contributed by atoms with Crippen molar-refractivity contribution >= 4 is 54.8 Å². The van der Waals surface area contributed by atoms with Crippen LogP contribution in [0.2, 0.25) is 5.15 Å². The molecule has 1 saturated heterocycles. The summed E-state index contributed by atoms with van der Waals surface area (Å²) in [6.07, 6.45) is 2.20. The zero-order valence-corrected chi connectivity index (χ0v) is 18.0. The molecule has 29 heavy (non-hydrogen) atoms. The van der Waals surface area contributed by atoms with Crippen LogP contribution < -0.4 is 5.32 Å². The van der Waals surface area contributed by atoms with E-state index in [0.717, 1.165) is 10.2 Å². The number of halogens is 1. The number of fused-ring (bicyclic) bond motifs is 1. The van der Waals surface area contributed by atoms with E-state index in [0.29, 0.717) is 24.1 Å². The number of aromatic nitrogens is 2. The van der Waals surface area contributed by atoms with Gasteiger partial charge in [-0.1, -0.05) is 11.6 Å². The molecule has 1 aromatic carbocycles. The number of piperidine rings is 1. The van der Waals surface area contributed by atoms with E-state index < -0.39 is 10.0 Å². The van der Waals surface area contributed by atoms with E-state index in [2.05, 4.69) is 15.3 Å². The van der Waals surface area contributed by atoms with Crippen LogP contribution >= 0.6 is 22.9 Å². The Kier molecular flexibility index (Phi) is 5.56. The van der Waals surface area contributed by atoms with Crippen LogP contribution in [0.5, 0.6) is 0 Å². The number of amides is 1. The van der Waals surface area contributed by atoms with Crippen molar-refractivity contribution < 1.29 is 13.2 Å². The van der Waals surface area contributed by atoms with Gasteiger partial charge in [0, 0.05) is 30.9 Å². The Morgan fingerprint density at radius 3 is 2.72 bits per heavy atom. The minimum atomic E-state index is -3.65. The van der Waals surface area contributed by atoms with Crippen molar-refractivity contribution in [3.63, 3.8) is 0 Å². The first kappa shape index (κ1) is 20.2. The number of sulfonamides is 1. The first-order valence-corrected chi connectivity index (χ1v) is 11.8. The summed E-state index contributed by atoms with van der Waals surface area (Å²) in [5.74, 6) is -0.335. The summed E-state index contributed by atoms with van der Waals surface area (Å²) in [6, 6.07) is 7.16. The van der Waals surface area contributed by atoms with E-state index in [1.165, 1.54) is 16.6 Å². The number of carbonyl (C=O) groups is 1. The number of rotatable bonds is 4. The van der Waals surface area contributed by atoms with Gasteiger partial charge in [0.15, 0.2) is 0 Å². The van der Waals surface area contributed by atoms with Crippen LogP contribution in [0.3, 0.4) is 0 Å². The summed E-state index contributed by atoms with van der Waals surface area (Å²) in [7, 11) is -3.65. The number of hydrogen-bond donors (Lipinski definition) is 1. The maximum Gasteiger partial charge on any atom is 0.244 e. The molecule has 0 radical (unpaired) electrons. The molecule has 0 unspecified atom stereocenters. The highest BCUT2D eigenvalue weighted by Gasteiger charge is 2.32. The van der Waals surface area contributed by atoms with E-state index in [-0.39, 0.29) is 35.0 Å². The van der Waals surface area contributed by atoms with Crippen LogP contribution in [0.4, 0.5) is 5.69 Å². The first-order chi connectivity index (χ1) is 13.8. The molecule has 3 aromatic rings. The van der Waals surface area contributed by atoms with Crippen LogP contribution in [0.1, 0.15) is 18.4 Å². The average molecular weight is 451 g/mol. The third kappa shape index (κ3) is 4.13. The molecule has 152 valence electrons. The van der Waals surface area contributed by atoms with Crippen molar-refractivity contribution in [2.75, 3.05) is 18.4 Å². The molecule has 1 aliphatic heterocycles. The standard InChI is InChI=1S/C19H19ClN4O3S2/c1-12-8-15(10-21-18(12)20)29(26,27)24-6-4-13(5-7-24)19(25)23-14-2-3-17-16(9-14)22-11-28-17/h2-3,8-11,13H,4-7H2,1H3,(H,23,25). The van der Waals surface area contributed by atoms with Gasteiger partial charge in [-0.3, -0.25) is 4.79 Å². The maximum absolute atomic E-state index is 12.9. The van der Waals surface area contributed by atoms with Gasteiger partial charge in [-0.2, -0.15) is 4.31 Å². The SMILES string of the molecule is Cc1cc(S(=O)(=O)N2CCC(C(=O)Nc3ccc4scnc4c3)CC2)cnc1Cl. The second-order valence-corrected chi connectivity index (χ2v) is 10.2. The number of aryl methyl sites for hydroxylation is 1. The Balaban J connectivity index is 1.40. The Morgan fingerprint density at radius 1 is 1.24 bits per heavy atom. The van der Waals surface area contributed by atoms with Crippen molar-refractivity contribution in [1.82, 2.24) is 14.3 Å². The third-order valence-corrected chi connectivity index (χ3v) is 8.12. The first-order valence-electron chi connectivity index (χ1n) is 9.11. The highest BCUT2D eigenvalue weighted by Crippen LogP contribution is 2.27. The molecule has 1 N–H and O–H groups in total. The fraction of sp³-hybridized carbons (Fsp3) is 0.316. The molecular weight excluding hydrogens is 432 g/mol. The van der Waals surface area contributed by atoms with Crippen molar-refractivity contribution in [1.29, 1.82) is 0 Å². The number of nitrogens with one attached hydrogen (secondary N) is 1. The van der Waals surface area contributed by atoms with E-state index in [1.54, 1.807) is 23.8 Å². The topological polar surface area (TPSA) is 92.3 Å². The molecule has 7 nitrogen and oxygen atoms in total. The van der Waals surface area contributed by atoms with Gasteiger partial charge in [0.1, 0.15) is 10.0 Å². The summed E-state index contributed by atoms with van der Waals surface area (Å²) in [5, 5.41) is 3.21. The van der Waals surface area contributed by atoms with Gasteiger partial charge in [0.25, 0.3) is 0 Å². The van der Waals surface area contributed by atoms with Crippen LogP contribution in [-0.4, -0.2) is 41.7 Å². The zero-order valence-electron chi connectivity index (χ0n) is 15.6. The molecule has 1 fully saturated rings. The highest BCUT2D eigenvalue weighted by atomic mass is 35.5. The molecule has 4 rings (SSSR count). The molecule has 0 aliphatic carbocycles. The normalized spacial score (nSPS) is 16.2. The maximum atomic E-state index is 12.9. The predicted molar refractivity (Wildman–Crippen MR) is 114 cm³/mol. The van der Waals surface area contributed by atoms with Gasteiger partial charge in [0.2, 0.25) is 15.9 Å². The van der Waals surface area contributed by atoms with E-state index in [4.69, 9.17) is 11.6 Å². The van der Waals surface area contributed by atoms with Crippen LogP contribution in [-0.2, 0) is 14.8 Å². The molecule has 1 amide bonds. The monoisotopic (exact) mass is 450 g/mol. The van der Waals surface area contributed by atoms with Gasteiger partial charge in [-0.25, -0.2) is 18.4 Å². The van der Waals surface area contributed by atoms with Crippen LogP contribution in [0.25, 0.3) is 10.2 Å². The molecule has 0 saturated carbocycles. The average Bonchev–Trinajstić information content (AvgIpc) is 3.18. The second-order valence-electron chi connectivity index (χ2n) is 6.98. The zero-order chi connectivity index (χ0) is 20.6. The lowest BCUT2D eigenvalue weighted by Crippen LogP contribution is -2.41. The van der Waals surface area contributed by atoms with E-state index >= 15 is 0 Å². The predicted octanol–water partition coefficient (Wildman–Crippen LogP) is 3.69. The molecule has 2 aromatic heterocycles. The van der Waals surface area contributed by atoms with Gasteiger partial charge < -0.3 is 5.32 Å². The van der Waals surface area contributed by atoms with Crippen LogP contribution in [0, 0.1) is 12.8 Å². The minimum Gasteiger partial charge on any atom is -0.326 e. The molecule has 0 bridgehead atoms. The summed E-state index contributed by atoms with van der Waals surface area (Å²) < 4.78 is 28.2. The number of anilines is 1. The quantitative estimate of drug-likeness (QED) is 0.612. The van der Waals surface area contributed by atoms with Crippen molar-refractivity contribution in [2.24, 2.45) is 5.92 Å². The fourth-order valence-electron chi connectivity index (χ4n) is 3.36. The highest BCUT2D eigenvalue weighted by molar-refractivity contribution is 7.89. The number of thiazole rings is 1.